The van der Waals surface area contributed by atoms with Gasteiger partial charge in [-0.15, -0.1) is 10.2 Å². The number of para-hydroxylation sites is 1. The second-order valence-corrected chi connectivity index (χ2v) is 7.72. The highest BCUT2D eigenvalue weighted by Crippen LogP contribution is 2.28. The molecule has 0 aliphatic carbocycles. The summed E-state index contributed by atoms with van der Waals surface area (Å²) in [5.74, 6) is 2.43. The lowest BCUT2D eigenvalue weighted by Gasteiger charge is -2.37. The Morgan fingerprint density at radius 1 is 1.00 bits per heavy atom. The van der Waals surface area contributed by atoms with Crippen LogP contribution in [-0.2, 0) is 11.2 Å². The molecule has 8 heteroatoms. The quantitative estimate of drug-likeness (QED) is 0.665. The van der Waals surface area contributed by atoms with Crippen molar-refractivity contribution in [3.8, 4) is 11.6 Å². The zero-order chi connectivity index (χ0) is 20.5. The normalized spacial score (nSPS) is 18.6. The van der Waals surface area contributed by atoms with Crippen LogP contribution in [0.15, 0.2) is 48.7 Å². The molecule has 2 aliphatic heterocycles. The smallest absolute Gasteiger partial charge is 0.263 e. The number of nitrogens with zero attached hydrogens (tertiary/aromatic N) is 6. The molecule has 30 heavy (non-hydrogen) atoms. The minimum absolute atomic E-state index is 0.0830. The van der Waals surface area contributed by atoms with Gasteiger partial charge in [-0.05, 0) is 49.6 Å². The number of hydrogen-bond acceptors (Lipinski definition) is 6. The molecule has 0 N–H and O–H groups in total. The second-order valence-electron chi connectivity index (χ2n) is 7.72. The van der Waals surface area contributed by atoms with Gasteiger partial charge in [0.25, 0.3) is 5.91 Å². The van der Waals surface area contributed by atoms with Crippen LogP contribution >= 0.6 is 0 Å². The lowest BCUT2D eigenvalue weighted by Crippen LogP contribution is -2.53. The summed E-state index contributed by atoms with van der Waals surface area (Å²) in [6, 6.07) is 13.8. The van der Waals surface area contributed by atoms with Gasteiger partial charge in [0, 0.05) is 32.4 Å². The van der Waals surface area contributed by atoms with E-state index >= 15 is 0 Å². The third-order valence-electron chi connectivity index (χ3n) is 5.70. The maximum absolute atomic E-state index is 13.0. The van der Waals surface area contributed by atoms with E-state index in [0.717, 1.165) is 43.2 Å². The molecule has 1 amide bonds. The molecule has 0 saturated carbocycles. The van der Waals surface area contributed by atoms with Crippen LogP contribution < -0.4 is 9.64 Å². The SMILES string of the molecule is Cc1ccn(-c2ccc(N3CCN(C(=O)C4CCc5ccccc5O4)CC3)nn2)n1. The number of anilines is 1. The maximum Gasteiger partial charge on any atom is 0.263 e. The molecule has 1 unspecified atom stereocenters. The topological polar surface area (TPSA) is 76.4 Å². The molecule has 1 fully saturated rings. The van der Waals surface area contributed by atoms with Gasteiger partial charge in [-0.1, -0.05) is 18.2 Å². The van der Waals surface area contributed by atoms with Crippen molar-refractivity contribution >= 4 is 11.7 Å². The number of carbonyl (C=O) groups excluding carboxylic acids is 1. The molecular formula is C22H24N6O2. The lowest BCUT2D eigenvalue weighted by molar-refractivity contribution is -0.139. The van der Waals surface area contributed by atoms with Gasteiger partial charge in [-0.3, -0.25) is 4.79 Å². The fraction of sp³-hybridized carbons (Fsp3) is 0.364. The van der Waals surface area contributed by atoms with E-state index in [-0.39, 0.29) is 12.0 Å². The number of benzene rings is 1. The molecule has 154 valence electrons. The molecule has 1 aromatic carbocycles. The third kappa shape index (κ3) is 3.60. The number of rotatable bonds is 3. The van der Waals surface area contributed by atoms with Gasteiger partial charge >= 0.3 is 0 Å². The van der Waals surface area contributed by atoms with Crippen LogP contribution in [0.2, 0.25) is 0 Å². The minimum atomic E-state index is -0.386. The Labute approximate surface area is 175 Å². The number of aryl methyl sites for hydroxylation is 2. The maximum atomic E-state index is 13.0. The van der Waals surface area contributed by atoms with Gasteiger partial charge in [-0.2, -0.15) is 5.10 Å². The first-order valence-corrected chi connectivity index (χ1v) is 10.3. The number of carbonyl (C=O) groups is 1. The van der Waals surface area contributed by atoms with E-state index < -0.39 is 0 Å². The average molecular weight is 404 g/mol. The van der Waals surface area contributed by atoms with Gasteiger partial charge in [-0.25, -0.2) is 4.68 Å². The summed E-state index contributed by atoms with van der Waals surface area (Å²) in [6.45, 7) is 4.70. The number of aromatic nitrogens is 4. The number of piperazine rings is 1. The predicted molar refractivity (Wildman–Crippen MR) is 112 cm³/mol. The van der Waals surface area contributed by atoms with Crippen LogP contribution in [0.1, 0.15) is 17.7 Å². The fourth-order valence-corrected chi connectivity index (χ4v) is 4.01. The second kappa shape index (κ2) is 7.78. The zero-order valence-electron chi connectivity index (χ0n) is 16.9. The van der Waals surface area contributed by atoms with E-state index in [4.69, 9.17) is 4.74 Å². The largest absolute Gasteiger partial charge is 0.480 e. The van der Waals surface area contributed by atoms with Crippen LogP contribution in [-0.4, -0.2) is 63.1 Å². The van der Waals surface area contributed by atoms with Crippen molar-refractivity contribution in [3.63, 3.8) is 0 Å². The molecule has 1 saturated heterocycles. The molecule has 4 heterocycles. The van der Waals surface area contributed by atoms with Crippen molar-refractivity contribution in [3.05, 3.63) is 59.9 Å². The summed E-state index contributed by atoms with van der Waals surface area (Å²) in [5, 5.41) is 13.0. The summed E-state index contributed by atoms with van der Waals surface area (Å²) in [7, 11) is 0. The van der Waals surface area contributed by atoms with Crippen molar-refractivity contribution in [2.24, 2.45) is 0 Å². The minimum Gasteiger partial charge on any atom is -0.480 e. The van der Waals surface area contributed by atoms with E-state index in [0.29, 0.717) is 18.9 Å². The van der Waals surface area contributed by atoms with Gasteiger partial charge in [0.2, 0.25) is 0 Å². The number of amides is 1. The van der Waals surface area contributed by atoms with Crippen molar-refractivity contribution in [1.82, 2.24) is 24.9 Å². The summed E-state index contributed by atoms with van der Waals surface area (Å²) >= 11 is 0. The number of fused-ring (bicyclic) bond motifs is 1. The molecule has 0 radical (unpaired) electrons. The number of hydrogen-bond donors (Lipinski definition) is 0. The molecule has 2 aliphatic rings. The van der Waals surface area contributed by atoms with Crippen LogP contribution in [0, 0.1) is 6.92 Å². The summed E-state index contributed by atoms with van der Waals surface area (Å²) < 4.78 is 7.69. The average Bonchev–Trinajstić information content (AvgIpc) is 3.25. The summed E-state index contributed by atoms with van der Waals surface area (Å²) in [6.07, 6.45) is 3.10. The molecule has 0 bridgehead atoms. The van der Waals surface area contributed by atoms with Gasteiger partial charge in [0.05, 0.1) is 5.69 Å². The first-order chi connectivity index (χ1) is 14.7. The van der Waals surface area contributed by atoms with Gasteiger partial charge in [0.1, 0.15) is 5.75 Å². The molecule has 8 nitrogen and oxygen atoms in total. The molecule has 5 rings (SSSR count). The third-order valence-corrected chi connectivity index (χ3v) is 5.70. The highest BCUT2D eigenvalue weighted by molar-refractivity contribution is 5.82. The van der Waals surface area contributed by atoms with E-state index in [1.165, 1.54) is 5.56 Å². The zero-order valence-corrected chi connectivity index (χ0v) is 16.9. The molecule has 3 aromatic rings. The Balaban J connectivity index is 1.19. The van der Waals surface area contributed by atoms with Crippen LogP contribution in [0.4, 0.5) is 5.82 Å². The fourth-order valence-electron chi connectivity index (χ4n) is 4.01. The Hall–Kier alpha value is -3.42. The Kier molecular flexibility index (Phi) is 4.82. The predicted octanol–water partition coefficient (Wildman–Crippen LogP) is 2.01. The summed E-state index contributed by atoms with van der Waals surface area (Å²) in [5.41, 5.74) is 2.12. The van der Waals surface area contributed by atoms with E-state index in [1.807, 2.05) is 54.4 Å². The standard InChI is InChI=1S/C22H24N6O2/c1-16-10-11-28(25-16)21-9-8-20(23-24-21)26-12-14-27(15-13-26)22(29)19-7-6-17-4-2-3-5-18(17)30-19/h2-5,8-11,19H,6-7,12-15H2,1H3. The highest BCUT2D eigenvalue weighted by Gasteiger charge is 2.31. The van der Waals surface area contributed by atoms with Crippen LogP contribution in [0.25, 0.3) is 5.82 Å². The van der Waals surface area contributed by atoms with Crippen molar-refractivity contribution < 1.29 is 9.53 Å². The van der Waals surface area contributed by atoms with Crippen molar-refractivity contribution in [2.75, 3.05) is 31.1 Å². The molecular weight excluding hydrogens is 380 g/mol. The highest BCUT2D eigenvalue weighted by atomic mass is 16.5. The van der Waals surface area contributed by atoms with Gasteiger partial charge in [0.15, 0.2) is 17.7 Å². The van der Waals surface area contributed by atoms with E-state index in [9.17, 15) is 4.79 Å². The Morgan fingerprint density at radius 2 is 1.77 bits per heavy atom. The Bertz CT molecular complexity index is 1040. The molecule has 0 spiro atoms. The molecule has 1 atom stereocenters. The van der Waals surface area contributed by atoms with Crippen molar-refractivity contribution in [2.45, 2.75) is 25.9 Å². The first-order valence-electron chi connectivity index (χ1n) is 10.3. The summed E-state index contributed by atoms with van der Waals surface area (Å²) in [4.78, 5) is 17.0. The van der Waals surface area contributed by atoms with Crippen molar-refractivity contribution in [1.29, 1.82) is 0 Å². The number of ether oxygens (including phenoxy) is 1. The monoisotopic (exact) mass is 404 g/mol. The van der Waals surface area contributed by atoms with Gasteiger partial charge < -0.3 is 14.5 Å². The van der Waals surface area contributed by atoms with Crippen LogP contribution in [0.3, 0.4) is 0 Å². The first kappa shape index (κ1) is 18.6. The van der Waals surface area contributed by atoms with E-state index in [1.54, 1.807) is 4.68 Å². The lowest BCUT2D eigenvalue weighted by atomic mass is 10.0. The molecule has 2 aromatic heterocycles. The van der Waals surface area contributed by atoms with E-state index in [2.05, 4.69) is 26.3 Å². The Morgan fingerprint density at radius 3 is 2.50 bits per heavy atom. The van der Waals surface area contributed by atoms with Crippen LogP contribution in [0.5, 0.6) is 5.75 Å².